The molecule has 15 heavy (non-hydrogen) atoms. The van der Waals surface area contributed by atoms with E-state index in [1.165, 1.54) is 11.3 Å². The summed E-state index contributed by atoms with van der Waals surface area (Å²) in [5.41, 5.74) is 0. The van der Waals surface area contributed by atoms with Gasteiger partial charge in [0.05, 0.1) is 6.42 Å². The average Bonchev–Trinajstić information content (AvgIpc) is 2.90. The lowest BCUT2D eigenvalue weighted by molar-refractivity contribution is -0.136. The van der Waals surface area contributed by atoms with E-state index >= 15 is 0 Å². The van der Waals surface area contributed by atoms with Gasteiger partial charge in [-0.05, 0) is 12.8 Å². The number of aliphatic carboxylic acids is 1. The first-order valence-electron chi connectivity index (χ1n) is 4.76. The van der Waals surface area contributed by atoms with Crippen LogP contribution in [0.4, 0.5) is 5.13 Å². The van der Waals surface area contributed by atoms with E-state index in [-0.39, 0.29) is 6.42 Å². The molecular formula is C9H11ClN2O2S. The van der Waals surface area contributed by atoms with E-state index in [4.69, 9.17) is 16.7 Å². The SMILES string of the molecule is O=C(O)CCN(c1nc(Cl)cs1)C1CC1. The predicted molar refractivity (Wildman–Crippen MR) is 59.7 cm³/mol. The molecule has 0 aliphatic heterocycles. The quantitative estimate of drug-likeness (QED) is 0.866. The monoisotopic (exact) mass is 246 g/mol. The van der Waals surface area contributed by atoms with Crippen molar-refractivity contribution in [2.24, 2.45) is 0 Å². The molecule has 82 valence electrons. The number of anilines is 1. The first kappa shape index (κ1) is 10.7. The fraction of sp³-hybridized carbons (Fsp3) is 0.556. The molecule has 4 nitrogen and oxygen atoms in total. The molecule has 2 rings (SSSR count). The molecule has 0 atom stereocenters. The molecule has 1 fully saturated rings. The van der Waals surface area contributed by atoms with E-state index in [1.54, 1.807) is 5.38 Å². The predicted octanol–water partition coefficient (Wildman–Crippen LogP) is 2.24. The Kier molecular flexibility index (Phi) is 3.11. The molecule has 0 radical (unpaired) electrons. The Bertz CT molecular complexity index is 365. The van der Waals surface area contributed by atoms with Gasteiger partial charge in [-0.15, -0.1) is 11.3 Å². The highest BCUT2D eigenvalue weighted by molar-refractivity contribution is 7.14. The lowest BCUT2D eigenvalue weighted by Crippen LogP contribution is -2.28. The topological polar surface area (TPSA) is 53.4 Å². The van der Waals surface area contributed by atoms with Gasteiger partial charge in [0.1, 0.15) is 5.15 Å². The molecule has 1 N–H and O–H groups in total. The van der Waals surface area contributed by atoms with Gasteiger partial charge in [-0.25, -0.2) is 4.98 Å². The van der Waals surface area contributed by atoms with Crippen LogP contribution in [0.5, 0.6) is 0 Å². The molecule has 1 aliphatic carbocycles. The lowest BCUT2D eigenvalue weighted by atomic mass is 10.4. The van der Waals surface area contributed by atoms with E-state index in [0.717, 1.165) is 18.0 Å². The second kappa shape index (κ2) is 4.37. The largest absolute Gasteiger partial charge is 0.481 e. The van der Waals surface area contributed by atoms with Crippen molar-refractivity contribution in [2.75, 3.05) is 11.4 Å². The van der Waals surface area contributed by atoms with Gasteiger partial charge in [0.15, 0.2) is 5.13 Å². The highest BCUT2D eigenvalue weighted by Crippen LogP contribution is 2.34. The van der Waals surface area contributed by atoms with Gasteiger partial charge >= 0.3 is 5.97 Å². The van der Waals surface area contributed by atoms with Crippen molar-refractivity contribution in [1.29, 1.82) is 0 Å². The Morgan fingerprint density at radius 3 is 2.93 bits per heavy atom. The van der Waals surface area contributed by atoms with Crippen LogP contribution in [0.25, 0.3) is 0 Å². The molecule has 0 unspecified atom stereocenters. The van der Waals surface area contributed by atoms with E-state index in [1.807, 2.05) is 4.90 Å². The maximum atomic E-state index is 10.5. The summed E-state index contributed by atoms with van der Waals surface area (Å²) in [5.74, 6) is -0.775. The van der Waals surface area contributed by atoms with Crippen molar-refractivity contribution in [3.63, 3.8) is 0 Å². The van der Waals surface area contributed by atoms with Crippen molar-refractivity contribution >= 4 is 34.0 Å². The minimum absolute atomic E-state index is 0.147. The van der Waals surface area contributed by atoms with Gasteiger partial charge in [0.25, 0.3) is 0 Å². The maximum absolute atomic E-state index is 10.5. The van der Waals surface area contributed by atoms with Gasteiger partial charge in [0.2, 0.25) is 0 Å². The fourth-order valence-corrected chi connectivity index (χ4v) is 2.46. The van der Waals surface area contributed by atoms with Crippen LogP contribution in [0.2, 0.25) is 5.15 Å². The summed E-state index contributed by atoms with van der Waals surface area (Å²) in [6, 6.07) is 0.464. The van der Waals surface area contributed by atoms with Crippen molar-refractivity contribution in [3.05, 3.63) is 10.5 Å². The van der Waals surface area contributed by atoms with Crippen molar-refractivity contribution < 1.29 is 9.90 Å². The zero-order chi connectivity index (χ0) is 10.8. The number of carboxylic acids is 1. The second-order valence-electron chi connectivity index (χ2n) is 3.52. The molecule has 0 saturated heterocycles. The normalized spacial score (nSPS) is 15.3. The molecule has 6 heteroatoms. The molecule has 1 aromatic rings. The summed E-state index contributed by atoms with van der Waals surface area (Å²) in [7, 11) is 0. The second-order valence-corrected chi connectivity index (χ2v) is 4.74. The third kappa shape index (κ3) is 2.82. The standard InChI is InChI=1S/C9H11ClN2O2S/c10-7-5-15-9(11-7)12(6-1-2-6)4-3-8(13)14/h5-6H,1-4H2,(H,13,14). The zero-order valence-electron chi connectivity index (χ0n) is 8.02. The summed E-state index contributed by atoms with van der Waals surface area (Å²) in [5, 5.41) is 11.7. The van der Waals surface area contributed by atoms with Gasteiger partial charge in [0, 0.05) is 18.0 Å². The summed E-state index contributed by atoms with van der Waals surface area (Å²) >= 11 is 7.22. The number of carbonyl (C=O) groups is 1. The van der Waals surface area contributed by atoms with Crippen LogP contribution in [-0.4, -0.2) is 28.6 Å². The van der Waals surface area contributed by atoms with Crippen LogP contribution >= 0.6 is 22.9 Å². The van der Waals surface area contributed by atoms with Crippen LogP contribution in [0.3, 0.4) is 0 Å². The van der Waals surface area contributed by atoms with Crippen molar-refractivity contribution in [2.45, 2.75) is 25.3 Å². The molecule has 1 saturated carbocycles. The number of rotatable bonds is 5. The van der Waals surface area contributed by atoms with Crippen LogP contribution in [0, 0.1) is 0 Å². The Balaban J connectivity index is 2.02. The van der Waals surface area contributed by atoms with E-state index in [9.17, 15) is 4.79 Å². The summed E-state index contributed by atoms with van der Waals surface area (Å²) in [4.78, 5) is 16.7. The molecule has 0 aromatic carbocycles. The summed E-state index contributed by atoms with van der Waals surface area (Å²) in [6.45, 7) is 0.518. The number of hydrogen-bond acceptors (Lipinski definition) is 4. The average molecular weight is 247 g/mol. The van der Waals surface area contributed by atoms with Crippen LogP contribution in [0.1, 0.15) is 19.3 Å². The molecule has 0 bridgehead atoms. The van der Waals surface area contributed by atoms with Crippen LogP contribution in [-0.2, 0) is 4.79 Å². The van der Waals surface area contributed by atoms with Gasteiger partial charge in [-0.2, -0.15) is 0 Å². The Labute approximate surface area is 96.5 Å². The first-order chi connectivity index (χ1) is 7.16. The molecule has 1 aliphatic rings. The molecule has 0 spiro atoms. The fourth-order valence-electron chi connectivity index (χ4n) is 1.41. The van der Waals surface area contributed by atoms with Gasteiger partial charge in [-0.3, -0.25) is 4.79 Å². The van der Waals surface area contributed by atoms with Crippen molar-refractivity contribution in [1.82, 2.24) is 4.98 Å². The van der Waals surface area contributed by atoms with Crippen LogP contribution < -0.4 is 4.90 Å². The van der Waals surface area contributed by atoms with Crippen molar-refractivity contribution in [3.8, 4) is 0 Å². The highest BCUT2D eigenvalue weighted by Gasteiger charge is 2.30. The van der Waals surface area contributed by atoms with E-state index in [0.29, 0.717) is 17.7 Å². The molecule has 1 heterocycles. The zero-order valence-corrected chi connectivity index (χ0v) is 9.59. The first-order valence-corrected chi connectivity index (χ1v) is 6.02. The highest BCUT2D eigenvalue weighted by atomic mass is 35.5. The number of halogens is 1. The Hall–Kier alpha value is -0.810. The number of aromatic nitrogens is 1. The molecular weight excluding hydrogens is 236 g/mol. The van der Waals surface area contributed by atoms with Gasteiger partial charge < -0.3 is 10.0 Å². The minimum atomic E-state index is -0.775. The number of nitrogens with zero attached hydrogens (tertiary/aromatic N) is 2. The van der Waals surface area contributed by atoms with E-state index in [2.05, 4.69) is 4.98 Å². The molecule has 0 amide bonds. The Morgan fingerprint density at radius 1 is 1.73 bits per heavy atom. The summed E-state index contributed by atoms with van der Waals surface area (Å²) < 4.78 is 0. The third-order valence-electron chi connectivity index (χ3n) is 2.26. The smallest absolute Gasteiger partial charge is 0.305 e. The summed E-state index contributed by atoms with van der Waals surface area (Å²) in [6.07, 6.45) is 2.39. The number of carboxylic acid groups (broad SMARTS) is 1. The van der Waals surface area contributed by atoms with Crippen LogP contribution in [0.15, 0.2) is 5.38 Å². The minimum Gasteiger partial charge on any atom is -0.481 e. The Morgan fingerprint density at radius 2 is 2.47 bits per heavy atom. The van der Waals surface area contributed by atoms with Gasteiger partial charge in [-0.1, -0.05) is 11.6 Å². The molecule has 1 aromatic heterocycles. The lowest BCUT2D eigenvalue weighted by Gasteiger charge is -2.19. The third-order valence-corrected chi connectivity index (χ3v) is 3.46. The maximum Gasteiger partial charge on any atom is 0.305 e. The number of hydrogen-bond donors (Lipinski definition) is 1. The van der Waals surface area contributed by atoms with E-state index < -0.39 is 5.97 Å². The number of thiazole rings is 1.